The molecule has 0 amide bonds. The van der Waals surface area contributed by atoms with Gasteiger partial charge in [0.2, 0.25) is 30.1 Å². The van der Waals surface area contributed by atoms with Gasteiger partial charge in [0, 0.05) is 59.7 Å². The summed E-state index contributed by atoms with van der Waals surface area (Å²) in [5.74, 6) is 0. The number of sulfonamides is 3. The second-order valence-corrected chi connectivity index (χ2v) is 16.6. The van der Waals surface area contributed by atoms with Crippen molar-refractivity contribution < 1.29 is 45.7 Å². The number of benzene rings is 3. The molecule has 0 atom stereocenters. The molecule has 3 aromatic rings. The van der Waals surface area contributed by atoms with Gasteiger partial charge in [-0.1, -0.05) is 89.5 Å². The normalized spacial score (nSPS) is 18.8. The first-order valence-electron chi connectivity index (χ1n) is 14.5. The summed E-state index contributed by atoms with van der Waals surface area (Å²) in [7, 11) is -11.7. The zero-order valence-corrected chi connectivity index (χ0v) is 30.0. The van der Waals surface area contributed by atoms with E-state index in [4.69, 9.17) is 0 Å². The smallest absolute Gasteiger partial charge is 0.207 e. The molecule has 1 heterocycles. The molecule has 0 saturated heterocycles. The van der Waals surface area contributed by atoms with Crippen molar-refractivity contribution in [3.8, 4) is 0 Å². The van der Waals surface area contributed by atoms with E-state index in [9.17, 15) is 25.3 Å². The van der Waals surface area contributed by atoms with Gasteiger partial charge in [-0.05, 0) is 57.2 Å². The molecule has 1 aliphatic heterocycles. The Hall–Kier alpha value is -2.73. The van der Waals surface area contributed by atoms with Crippen molar-refractivity contribution in [2.75, 3.05) is 39.3 Å². The molecule has 0 aromatic heterocycles. The SMILES string of the molecule is Cc1ccc(S(=O)(=O)N2C/C=C/CN(S(=O)(=O)c3ccc(C)cc3)C/C=C/CN(S(=O)(=O)c3ccc(C)cc3)C/C=C/C2)cc1.[Pd]. The van der Waals surface area contributed by atoms with E-state index in [-0.39, 0.29) is 74.4 Å². The van der Waals surface area contributed by atoms with Crippen LogP contribution in [0.4, 0.5) is 0 Å². The topological polar surface area (TPSA) is 112 Å². The molecule has 3 aromatic carbocycles. The first-order chi connectivity index (χ1) is 21.3. The number of nitrogens with zero attached hydrogens (tertiary/aromatic N) is 3. The molecular weight excluding hydrogens is 737 g/mol. The van der Waals surface area contributed by atoms with E-state index in [1.807, 2.05) is 20.8 Å². The summed E-state index contributed by atoms with van der Waals surface area (Å²) < 4.78 is 85.4. The van der Waals surface area contributed by atoms with Gasteiger partial charge in [0.05, 0.1) is 14.7 Å². The Morgan fingerprint density at radius 1 is 0.370 bits per heavy atom. The molecule has 250 valence electrons. The second kappa shape index (κ2) is 16.4. The summed E-state index contributed by atoms with van der Waals surface area (Å²) in [4.78, 5) is 0.387. The molecule has 9 nitrogen and oxygen atoms in total. The number of rotatable bonds is 6. The Labute approximate surface area is 287 Å². The van der Waals surface area contributed by atoms with Gasteiger partial charge < -0.3 is 0 Å². The third-order valence-electron chi connectivity index (χ3n) is 7.33. The minimum atomic E-state index is -3.91. The van der Waals surface area contributed by atoms with Crippen LogP contribution in [-0.4, -0.2) is 77.4 Å². The Kier molecular flexibility index (Phi) is 13.4. The third kappa shape index (κ3) is 9.43. The molecule has 13 heteroatoms. The largest absolute Gasteiger partial charge is 0.243 e. The average molecular weight is 776 g/mol. The van der Waals surface area contributed by atoms with Crippen LogP contribution in [-0.2, 0) is 50.5 Å². The predicted molar refractivity (Wildman–Crippen MR) is 177 cm³/mol. The molecule has 0 radical (unpaired) electrons. The summed E-state index contributed by atoms with van der Waals surface area (Å²) in [5.41, 5.74) is 2.76. The first-order valence-corrected chi connectivity index (χ1v) is 18.8. The van der Waals surface area contributed by atoms with E-state index in [0.717, 1.165) is 16.7 Å². The maximum Gasteiger partial charge on any atom is 0.243 e. The third-order valence-corrected chi connectivity index (χ3v) is 12.9. The molecule has 0 N–H and O–H groups in total. The van der Waals surface area contributed by atoms with Crippen LogP contribution in [0.15, 0.2) is 124 Å². The fourth-order valence-electron chi connectivity index (χ4n) is 4.54. The van der Waals surface area contributed by atoms with Crippen LogP contribution in [0, 0.1) is 20.8 Å². The summed E-state index contributed by atoms with van der Waals surface area (Å²) in [5, 5.41) is 0. The van der Waals surface area contributed by atoms with E-state index < -0.39 is 30.1 Å². The zero-order valence-electron chi connectivity index (χ0n) is 26.0. The van der Waals surface area contributed by atoms with Crippen LogP contribution in [0.25, 0.3) is 0 Å². The minimum absolute atomic E-state index is 0. The molecular formula is C33H39N3O6PdS3. The fraction of sp³-hybridized carbons (Fsp3) is 0.273. The van der Waals surface area contributed by atoms with Gasteiger partial charge in [0.25, 0.3) is 0 Å². The summed E-state index contributed by atoms with van der Waals surface area (Å²) >= 11 is 0. The van der Waals surface area contributed by atoms with E-state index in [2.05, 4.69) is 0 Å². The Morgan fingerprint density at radius 3 is 0.717 bits per heavy atom. The van der Waals surface area contributed by atoms with Crippen LogP contribution in [0.5, 0.6) is 0 Å². The van der Waals surface area contributed by atoms with Crippen LogP contribution < -0.4 is 0 Å². The molecule has 0 unspecified atom stereocenters. The predicted octanol–water partition coefficient (Wildman–Crippen LogP) is 4.66. The van der Waals surface area contributed by atoms with Gasteiger partial charge in [-0.3, -0.25) is 0 Å². The molecule has 46 heavy (non-hydrogen) atoms. The van der Waals surface area contributed by atoms with Crippen molar-refractivity contribution >= 4 is 30.1 Å². The van der Waals surface area contributed by atoms with Crippen LogP contribution in [0.3, 0.4) is 0 Å². The zero-order chi connectivity index (χ0) is 32.7. The Bertz CT molecular complexity index is 1630. The quantitative estimate of drug-likeness (QED) is 0.266. The van der Waals surface area contributed by atoms with Gasteiger partial charge in [0.1, 0.15) is 0 Å². The van der Waals surface area contributed by atoms with Crippen molar-refractivity contribution in [1.29, 1.82) is 0 Å². The fourth-order valence-corrected chi connectivity index (χ4v) is 8.57. The standard InChI is InChI=1S/C33H39N3O6S3.Pd/c1-28-10-16-31(17-11-28)43(37,38)34-22-4-6-24-35(44(39,40)32-18-12-29(2)13-19-32)26-8-9-27-36(25-7-5-23-34)45(41,42)33-20-14-30(3)15-21-33;/h4-21H,22-27H2,1-3H3;/b6-4+,7-5+,9-8+;. The molecule has 0 aliphatic carbocycles. The average Bonchev–Trinajstić information content (AvgIpc) is 3.01. The van der Waals surface area contributed by atoms with Crippen LogP contribution >= 0.6 is 0 Å². The molecule has 0 fully saturated rings. The molecule has 0 bridgehead atoms. The summed E-state index contributed by atoms with van der Waals surface area (Å²) in [6.45, 7) is 5.52. The van der Waals surface area contributed by atoms with Gasteiger partial charge in [-0.15, -0.1) is 0 Å². The maximum absolute atomic E-state index is 13.6. The van der Waals surface area contributed by atoms with Crippen molar-refractivity contribution in [3.63, 3.8) is 0 Å². The number of hydrogen-bond donors (Lipinski definition) is 0. The van der Waals surface area contributed by atoms with Crippen molar-refractivity contribution in [2.45, 2.75) is 35.5 Å². The van der Waals surface area contributed by atoms with Gasteiger partial charge in [-0.2, -0.15) is 12.9 Å². The van der Waals surface area contributed by atoms with Crippen molar-refractivity contribution in [1.82, 2.24) is 12.9 Å². The monoisotopic (exact) mass is 775 g/mol. The Morgan fingerprint density at radius 2 is 0.543 bits per heavy atom. The Balaban J connectivity index is 0.00000576. The van der Waals surface area contributed by atoms with Gasteiger partial charge in [-0.25, -0.2) is 25.3 Å². The summed E-state index contributed by atoms with van der Waals surface area (Å²) in [6, 6.07) is 19.6. The molecule has 0 saturated carbocycles. The number of hydrogen-bond acceptors (Lipinski definition) is 6. The summed E-state index contributed by atoms with van der Waals surface area (Å²) in [6.07, 6.45) is 9.80. The molecule has 0 spiro atoms. The maximum atomic E-state index is 13.6. The second-order valence-electron chi connectivity index (χ2n) is 10.8. The van der Waals surface area contributed by atoms with E-state index in [1.54, 1.807) is 109 Å². The number of aryl methyl sites for hydroxylation is 3. The van der Waals surface area contributed by atoms with Crippen LogP contribution in [0.1, 0.15) is 16.7 Å². The van der Waals surface area contributed by atoms with E-state index in [1.165, 1.54) is 12.9 Å². The molecule has 1 aliphatic rings. The van der Waals surface area contributed by atoms with Crippen molar-refractivity contribution in [2.24, 2.45) is 0 Å². The van der Waals surface area contributed by atoms with E-state index >= 15 is 0 Å². The first kappa shape index (κ1) is 37.7. The van der Waals surface area contributed by atoms with Gasteiger partial charge >= 0.3 is 0 Å². The minimum Gasteiger partial charge on any atom is -0.207 e. The van der Waals surface area contributed by atoms with Crippen LogP contribution in [0.2, 0.25) is 0 Å². The van der Waals surface area contributed by atoms with Crippen molar-refractivity contribution in [3.05, 3.63) is 126 Å². The van der Waals surface area contributed by atoms with Gasteiger partial charge in [0.15, 0.2) is 0 Å². The van der Waals surface area contributed by atoms with E-state index in [0.29, 0.717) is 0 Å². The molecule has 4 rings (SSSR count).